The highest BCUT2D eigenvalue weighted by molar-refractivity contribution is 6.10. The van der Waals surface area contributed by atoms with Gasteiger partial charge >= 0.3 is 17.9 Å². The molecule has 46 heavy (non-hydrogen) atoms. The molecular formula is C35H38O11. The van der Waals surface area contributed by atoms with Crippen molar-refractivity contribution in [3.63, 3.8) is 0 Å². The lowest BCUT2D eigenvalue weighted by atomic mass is 9.42. The number of ketones is 1. The third-order valence-corrected chi connectivity index (χ3v) is 14.4. The molecule has 9 aliphatic rings. The first kappa shape index (κ1) is 29.1. The first-order valence-electron chi connectivity index (χ1n) is 16.3. The topological polar surface area (TPSA) is 177 Å². The van der Waals surface area contributed by atoms with Gasteiger partial charge < -0.3 is 34.6 Å². The molecule has 2 aliphatic heterocycles. The second kappa shape index (κ2) is 7.94. The number of carbonyl (C=O) groups excluding carboxylic acids is 4. The number of aliphatic hydroxyl groups is 4. The molecule has 11 nitrogen and oxygen atoms in total. The Labute approximate surface area is 265 Å². The van der Waals surface area contributed by atoms with Crippen LogP contribution in [0.25, 0.3) is 0 Å². The Bertz CT molecular complexity index is 1780. The number of allylic oxidation sites excluding steroid dienone is 1. The number of hydrogen-bond acceptors (Lipinski definition) is 11. The number of fused-ring (bicyclic) bond motifs is 9. The van der Waals surface area contributed by atoms with Crippen molar-refractivity contribution in [2.45, 2.75) is 82.9 Å². The molecule has 12 atom stereocenters. The maximum absolute atomic E-state index is 14.3. The minimum absolute atomic E-state index is 0.00282. The zero-order valence-corrected chi connectivity index (χ0v) is 26.4. The van der Waals surface area contributed by atoms with Gasteiger partial charge in [0, 0.05) is 34.1 Å². The standard InChI is InChI=1S/C35H38O11/c1-6-13(2)26(37)44-12-33(42)20-7-17(20)30(4)21(33)9-16-15(11-36)28(39)45-34(16)22(30)10-32(41)19-8-18(19)31(5)25(32)24(34)23-14(3)27(38)46-35(23,43)29(31)40/h6,17-22,36,41-43H,7-12H2,1-5H3/b13-6+/t17-,18-,19+,20+,21-,22+,30+,31+,32+,33+,34+,35+/m1/s1. The third kappa shape index (κ3) is 2.68. The molecule has 9 rings (SSSR count). The van der Waals surface area contributed by atoms with E-state index >= 15 is 0 Å². The highest BCUT2D eigenvalue weighted by Crippen LogP contribution is 2.84. The van der Waals surface area contributed by atoms with Gasteiger partial charge in [-0.2, -0.15) is 0 Å². The molecule has 0 bridgehead atoms. The smallest absolute Gasteiger partial charge is 0.337 e. The number of esters is 3. The molecule has 5 saturated carbocycles. The Kier molecular flexibility index (Phi) is 5.02. The average Bonchev–Trinajstić information content (AvgIpc) is 3.91. The lowest BCUT2D eigenvalue weighted by Gasteiger charge is -2.63. The van der Waals surface area contributed by atoms with E-state index in [1.165, 1.54) is 6.92 Å². The van der Waals surface area contributed by atoms with Crippen molar-refractivity contribution < 1.29 is 53.8 Å². The zero-order chi connectivity index (χ0) is 32.9. The van der Waals surface area contributed by atoms with Crippen LogP contribution in [0.15, 0.2) is 45.1 Å². The Morgan fingerprint density at radius 2 is 1.67 bits per heavy atom. The van der Waals surface area contributed by atoms with Gasteiger partial charge in [0.25, 0.3) is 5.79 Å². The number of hydrogen-bond donors (Lipinski definition) is 4. The van der Waals surface area contributed by atoms with Crippen LogP contribution in [-0.2, 0) is 33.4 Å². The Morgan fingerprint density at radius 3 is 2.35 bits per heavy atom. The Morgan fingerprint density at radius 1 is 0.978 bits per heavy atom. The molecule has 0 saturated heterocycles. The summed E-state index contributed by atoms with van der Waals surface area (Å²) in [7, 11) is 0. The number of rotatable bonds is 4. The predicted octanol–water partition coefficient (Wildman–Crippen LogP) is 1.34. The molecule has 0 aromatic rings. The Hall–Kier alpha value is -3.12. The SMILES string of the molecule is C/C=C(\C)C(=O)OC[C@]1(O)[C@H]2C[C@H]2[C@]2(C)[C@@H]3C[C@@]4(O)C5=C(C6=C(C)C(=O)O[C@]6(O)C(=O)[C@@]5(C)[C@@H]5C[C@@H]54)[C@@]34OC(=O)C(CO)=C4C[C@@H]12. The summed E-state index contributed by atoms with van der Waals surface area (Å²) < 4.78 is 17.6. The number of carbonyl (C=O) groups is 4. The minimum Gasteiger partial charge on any atom is -0.459 e. The summed E-state index contributed by atoms with van der Waals surface area (Å²) in [5.41, 5.74) is -5.37. The van der Waals surface area contributed by atoms with Crippen molar-refractivity contribution in [1.82, 2.24) is 0 Å². The van der Waals surface area contributed by atoms with Gasteiger partial charge in [0.2, 0.25) is 5.78 Å². The molecule has 244 valence electrons. The molecule has 11 heteroatoms. The van der Waals surface area contributed by atoms with Gasteiger partial charge in [-0.15, -0.1) is 0 Å². The van der Waals surface area contributed by atoms with Crippen LogP contribution in [0.1, 0.15) is 60.3 Å². The second-order valence-electron chi connectivity index (χ2n) is 15.8. The average molecular weight is 635 g/mol. The van der Waals surface area contributed by atoms with Crippen molar-refractivity contribution in [2.24, 2.45) is 46.3 Å². The van der Waals surface area contributed by atoms with Crippen LogP contribution < -0.4 is 0 Å². The van der Waals surface area contributed by atoms with Crippen molar-refractivity contribution in [3.8, 4) is 0 Å². The van der Waals surface area contributed by atoms with Gasteiger partial charge in [-0.1, -0.05) is 13.0 Å². The van der Waals surface area contributed by atoms with E-state index < -0.39 is 75.6 Å². The molecule has 1 spiro atoms. The summed E-state index contributed by atoms with van der Waals surface area (Å²) >= 11 is 0. The zero-order valence-electron chi connectivity index (χ0n) is 26.4. The third-order valence-electron chi connectivity index (χ3n) is 14.4. The van der Waals surface area contributed by atoms with Crippen LogP contribution in [0.5, 0.6) is 0 Å². The first-order valence-corrected chi connectivity index (χ1v) is 16.3. The number of aliphatic hydroxyl groups excluding tert-OH is 1. The van der Waals surface area contributed by atoms with Crippen LogP contribution in [-0.4, -0.2) is 79.9 Å². The van der Waals surface area contributed by atoms with Crippen LogP contribution >= 0.6 is 0 Å². The summed E-state index contributed by atoms with van der Waals surface area (Å²) in [6, 6.07) is 0. The van der Waals surface area contributed by atoms with E-state index in [1.807, 2.05) is 6.92 Å². The maximum Gasteiger partial charge on any atom is 0.337 e. The molecular weight excluding hydrogens is 596 g/mol. The van der Waals surface area contributed by atoms with Gasteiger partial charge in [-0.3, -0.25) is 4.79 Å². The van der Waals surface area contributed by atoms with Gasteiger partial charge in [0.1, 0.15) is 12.2 Å². The fourth-order valence-electron chi connectivity index (χ4n) is 12.2. The van der Waals surface area contributed by atoms with Crippen LogP contribution in [0.4, 0.5) is 0 Å². The van der Waals surface area contributed by atoms with Gasteiger partial charge in [-0.25, -0.2) is 14.4 Å². The molecule has 0 aromatic carbocycles. The van der Waals surface area contributed by atoms with E-state index in [1.54, 1.807) is 26.8 Å². The summed E-state index contributed by atoms with van der Waals surface area (Å²) in [6.45, 7) is 7.64. The first-order chi connectivity index (χ1) is 21.5. The molecule has 0 radical (unpaired) electrons. The molecule has 0 amide bonds. The molecule has 7 aliphatic carbocycles. The van der Waals surface area contributed by atoms with Crippen LogP contribution in [0.2, 0.25) is 0 Å². The Balaban J connectivity index is 1.31. The number of Topliss-reactive ketones (excluding diaryl/α,β-unsaturated/α-hetero) is 1. The van der Waals surface area contributed by atoms with Crippen LogP contribution in [0.3, 0.4) is 0 Å². The van der Waals surface area contributed by atoms with E-state index in [4.69, 9.17) is 14.2 Å². The second-order valence-corrected chi connectivity index (χ2v) is 15.8. The summed E-state index contributed by atoms with van der Waals surface area (Å²) in [6.07, 6.45) is 3.03. The predicted molar refractivity (Wildman–Crippen MR) is 155 cm³/mol. The quantitative estimate of drug-likeness (QED) is 0.199. The maximum atomic E-state index is 14.3. The van der Waals surface area contributed by atoms with Crippen LogP contribution in [0, 0.1) is 46.3 Å². The van der Waals surface area contributed by atoms with Crippen molar-refractivity contribution >= 4 is 23.7 Å². The van der Waals surface area contributed by atoms with E-state index in [2.05, 4.69) is 0 Å². The molecule has 0 unspecified atom stereocenters. The van der Waals surface area contributed by atoms with E-state index in [0.29, 0.717) is 29.6 Å². The molecule has 0 aromatic heterocycles. The summed E-state index contributed by atoms with van der Waals surface area (Å²) in [4.78, 5) is 54.0. The fraction of sp³-hybridized carbons (Fsp3) is 0.657. The van der Waals surface area contributed by atoms with E-state index in [9.17, 15) is 39.6 Å². The number of ether oxygens (including phenoxy) is 3. The normalized spacial score (nSPS) is 51.9. The highest BCUT2D eigenvalue weighted by atomic mass is 16.7. The minimum atomic E-state index is -2.63. The summed E-state index contributed by atoms with van der Waals surface area (Å²) in [5.74, 6) is -7.61. The van der Waals surface area contributed by atoms with Crippen molar-refractivity contribution in [3.05, 3.63) is 45.1 Å². The monoisotopic (exact) mass is 634 g/mol. The molecule has 2 heterocycles. The fourth-order valence-corrected chi connectivity index (χ4v) is 12.2. The van der Waals surface area contributed by atoms with Gasteiger partial charge in [0.05, 0.1) is 23.2 Å². The van der Waals surface area contributed by atoms with Gasteiger partial charge in [0.15, 0.2) is 5.60 Å². The lowest BCUT2D eigenvalue weighted by Crippen LogP contribution is -2.68. The van der Waals surface area contributed by atoms with Crippen molar-refractivity contribution in [1.29, 1.82) is 0 Å². The van der Waals surface area contributed by atoms with E-state index in [0.717, 1.165) is 0 Å². The van der Waals surface area contributed by atoms with Crippen molar-refractivity contribution in [2.75, 3.05) is 13.2 Å². The van der Waals surface area contributed by atoms with E-state index in [-0.39, 0.29) is 65.4 Å². The highest BCUT2D eigenvalue weighted by Gasteiger charge is 2.87. The lowest BCUT2D eigenvalue weighted by molar-refractivity contribution is -0.202. The van der Waals surface area contributed by atoms with Gasteiger partial charge in [-0.05, 0) is 93.6 Å². The largest absolute Gasteiger partial charge is 0.459 e. The molecule has 4 N–H and O–H groups in total. The molecule has 5 fully saturated rings. The summed E-state index contributed by atoms with van der Waals surface area (Å²) in [5, 5.41) is 48.0.